The van der Waals surface area contributed by atoms with Gasteiger partial charge in [0.25, 0.3) is 0 Å². The van der Waals surface area contributed by atoms with Crippen LogP contribution in [0.5, 0.6) is 0 Å². The molecule has 5 nitrogen and oxygen atoms in total. The molecule has 21 heavy (non-hydrogen) atoms. The molecule has 4 atom stereocenters. The minimum Gasteiger partial charge on any atom is -0.381 e. The van der Waals surface area contributed by atoms with Crippen LogP contribution in [0.4, 0.5) is 0 Å². The molecule has 4 N–H and O–H groups in total. The highest BCUT2D eigenvalue weighted by Gasteiger charge is 2.43. The Morgan fingerprint density at radius 3 is 2.71 bits per heavy atom. The van der Waals surface area contributed by atoms with E-state index in [1.807, 2.05) is 0 Å². The van der Waals surface area contributed by atoms with Crippen molar-refractivity contribution in [2.75, 3.05) is 7.11 Å². The molecule has 2 aliphatic rings. The van der Waals surface area contributed by atoms with E-state index in [-0.39, 0.29) is 24.0 Å². The number of carbonyl (C=O) groups excluding carboxylic acids is 1. The van der Waals surface area contributed by atoms with E-state index in [9.17, 15) is 4.79 Å². The highest BCUT2D eigenvalue weighted by molar-refractivity contribution is 5.79. The molecule has 1 heterocycles. The number of benzene rings is 1. The van der Waals surface area contributed by atoms with Crippen molar-refractivity contribution in [2.45, 2.75) is 38.0 Å². The van der Waals surface area contributed by atoms with Crippen molar-refractivity contribution in [3.63, 3.8) is 0 Å². The molecule has 1 amide bonds. The number of nitrogens with one attached hydrogen (secondary N) is 2. The van der Waals surface area contributed by atoms with Gasteiger partial charge in [0.1, 0.15) is 0 Å². The van der Waals surface area contributed by atoms with Crippen molar-refractivity contribution in [2.24, 2.45) is 17.6 Å². The molecule has 2 fully saturated rings. The normalized spacial score (nSPS) is 32.4. The summed E-state index contributed by atoms with van der Waals surface area (Å²) < 4.78 is 5.45. The van der Waals surface area contributed by atoms with E-state index in [4.69, 9.17) is 10.5 Å². The van der Waals surface area contributed by atoms with Crippen LogP contribution in [0.1, 0.15) is 36.4 Å². The molecule has 0 aromatic heterocycles. The molecule has 3 rings (SSSR count). The first-order chi connectivity index (χ1) is 10.2. The molecule has 0 spiro atoms. The number of hydrazine groups is 1. The predicted octanol–water partition coefficient (Wildman–Crippen LogP) is 1.25. The van der Waals surface area contributed by atoms with Crippen LogP contribution in [0.2, 0.25) is 0 Å². The van der Waals surface area contributed by atoms with E-state index in [0.29, 0.717) is 12.5 Å². The lowest BCUT2D eigenvalue weighted by Crippen LogP contribution is -2.56. The van der Waals surface area contributed by atoms with Gasteiger partial charge < -0.3 is 10.5 Å². The summed E-state index contributed by atoms with van der Waals surface area (Å²) in [5, 5.41) is 0. The van der Waals surface area contributed by atoms with Crippen molar-refractivity contribution in [1.82, 2.24) is 10.9 Å². The fraction of sp³-hybridized carbons (Fsp3) is 0.562. The van der Waals surface area contributed by atoms with Crippen molar-refractivity contribution in [3.05, 3.63) is 35.4 Å². The Labute approximate surface area is 125 Å². The van der Waals surface area contributed by atoms with Crippen LogP contribution in [-0.4, -0.2) is 19.1 Å². The topological polar surface area (TPSA) is 76.4 Å². The highest BCUT2D eigenvalue weighted by Crippen LogP contribution is 2.41. The second kappa shape index (κ2) is 6.13. The quantitative estimate of drug-likeness (QED) is 0.783. The van der Waals surface area contributed by atoms with Gasteiger partial charge in [-0.15, -0.1) is 0 Å². The number of amides is 1. The third-order valence-electron chi connectivity index (χ3n) is 4.88. The molecule has 1 saturated heterocycles. The molecule has 1 aromatic carbocycles. The Morgan fingerprint density at radius 1 is 1.29 bits per heavy atom. The largest absolute Gasteiger partial charge is 0.381 e. The molecule has 1 aromatic rings. The maximum Gasteiger partial charge on any atom is 0.237 e. The summed E-state index contributed by atoms with van der Waals surface area (Å²) in [5.74, 6) is 0.453. The second-order valence-corrected chi connectivity index (χ2v) is 6.00. The Hall–Kier alpha value is -1.43. The smallest absolute Gasteiger partial charge is 0.237 e. The number of rotatable bonds is 3. The maximum atomic E-state index is 12.1. The van der Waals surface area contributed by atoms with E-state index >= 15 is 0 Å². The van der Waals surface area contributed by atoms with Gasteiger partial charge in [-0.3, -0.25) is 10.2 Å². The van der Waals surface area contributed by atoms with E-state index in [0.717, 1.165) is 24.8 Å². The van der Waals surface area contributed by atoms with Crippen molar-refractivity contribution < 1.29 is 9.53 Å². The summed E-state index contributed by atoms with van der Waals surface area (Å²) in [7, 11) is 1.73. The number of ether oxygens (including phenoxy) is 1. The maximum absolute atomic E-state index is 12.1. The summed E-state index contributed by atoms with van der Waals surface area (Å²) >= 11 is 0. The van der Waals surface area contributed by atoms with Crippen molar-refractivity contribution in [1.29, 1.82) is 0 Å². The first-order valence-corrected chi connectivity index (χ1v) is 7.60. The van der Waals surface area contributed by atoms with Crippen molar-refractivity contribution >= 4 is 5.91 Å². The number of hydrogen-bond donors (Lipinski definition) is 3. The van der Waals surface area contributed by atoms with E-state index in [1.54, 1.807) is 7.11 Å². The molecule has 5 heteroatoms. The van der Waals surface area contributed by atoms with Crippen LogP contribution in [0.25, 0.3) is 0 Å². The number of hydrogen-bond acceptors (Lipinski definition) is 4. The molecule has 0 bridgehead atoms. The van der Waals surface area contributed by atoms with E-state index in [2.05, 4.69) is 35.1 Å². The summed E-state index contributed by atoms with van der Waals surface area (Å²) in [6.45, 7) is 0.552. The van der Waals surface area contributed by atoms with Crippen LogP contribution in [0.3, 0.4) is 0 Å². The van der Waals surface area contributed by atoms with Gasteiger partial charge in [-0.25, -0.2) is 5.43 Å². The molecule has 114 valence electrons. The predicted molar refractivity (Wildman–Crippen MR) is 80.0 cm³/mol. The van der Waals surface area contributed by atoms with Gasteiger partial charge in [0.15, 0.2) is 0 Å². The Morgan fingerprint density at radius 2 is 2.05 bits per heavy atom. The highest BCUT2D eigenvalue weighted by atomic mass is 16.5. The number of carbonyl (C=O) groups is 1. The summed E-state index contributed by atoms with van der Waals surface area (Å²) in [5.41, 5.74) is 14.0. The number of methoxy groups -OCH3 is 1. The van der Waals surface area contributed by atoms with Crippen molar-refractivity contribution in [3.8, 4) is 0 Å². The molecule has 0 radical (unpaired) electrons. The lowest BCUT2D eigenvalue weighted by atomic mass is 9.71. The van der Waals surface area contributed by atoms with Gasteiger partial charge in [0, 0.05) is 19.6 Å². The third kappa shape index (κ3) is 2.81. The van der Waals surface area contributed by atoms with Gasteiger partial charge in [-0.05, 0) is 36.3 Å². The standard InChI is InChI=1S/C16H23N3O2/c1-21-12-6-7-13-14(8-12)16(20)19-18-15(13)11-4-2-10(9-17)3-5-11/h2-5,12-15,18H,6-9,17H2,1H3,(H,19,20). The second-order valence-electron chi connectivity index (χ2n) is 6.00. The monoisotopic (exact) mass is 289 g/mol. The van der Waals surface area contributed by atoms with Crippen LogP contribution in [-0.2, 0) is 16.1 Å². The zero-order valence-corrected chi connectivity index (χ0v) is 12.3. The SMILES string of the molecule is COC1CCC2C(C1)C(=O)NNC2c1ccc(CN)cc1. The van der Waals surface area contributed by atoms with Gasteiger partial charge in [0.05, 0.1) is 12.1 Å². The molecule has 1 saturated carbocycles. The first-order valence-electron chi connectivity index (χ1n) is 7.60. The van der Waals surface area contributed by atoms with Crippen LogP contribution in [0, 0.1) is 11.8 Å². The average Bonchev–Trinajstić information content (AvgIpc) is 2.55. The molecule has 1 aliphatic heterocycles. The summed E-state index contributed by atoms with van der Waals surface area (Å²) in [4.78, 5) is 12.1. The Bertz CT molecular complexity index is 503. The van der Waals surface area contributed by atoms with Crippen LogP contribution >= 0.6 is 0 Å². The van der Waals surface area contributed by atoms with E-state index < -0.39 is 0 Å². The van der Waals surface area contributed by atoms with Crippen LogP contribution < -0.4 is 16.6 Å². The molecular weight excluding hydrogens is 266 g/mol. The van der Waals surface area contributed by atoms with E-state index in [1.165, 1.54) is 5.56 Å². The van der Waals surface area contributed by atoms with Gasteiger partial charge in [-0.2, -0.15) is 0 Å². The summed E-state index contributed by atoms with van der Waals surface area (Å²) in [6, 6.07) is 8.50. The molecule has 4 unspecified atom stereocenters. The van der Waals surface area contributed by atoms with Gasteiger partial charge in [-0.1, -0.05) is 24.3 Å². The summed E-state index contributed by atoms with van der Waals surface area (Å²) in [6.07, 6.45) is 3.04. The minimum atomic E-state index is 0.0316. The van der Waals surface area contributed by atoms with Gasteiger partial charge >= 0.3 is 0 Å². The van der Waals surface area contributed by atoms with Crippen LogP contribution in [0.15, 0.2) is 24.3 Å². The zero-order valence-electron chi connectivity index (χ0n) is 12.3. The fourth-order valence-corrected chi connectivity index (χ4v) is 3.61. The third-order valence-corrected chi connectivity index (χ3v) is 4.88. The van der Waals surface area contributed by atoms with Gasteiger partial charge in [0.2, 0.25) is 5.91 Å². The lowest BCUT2D eigenvalue weighted by Gasteiger charge is -2.43. The number of fused-ring (bicyclic) bond motifs is 1. The molecular formula is C16H23N3O2. The first kappa shape index (κ1) is 14.5. The molecule has 1 aliphatic carbocycles. The zero-order chi connectivity index (χ0) is 14.8. The minimum absolute atomic E-state index is 0.0316. The average molecular weight is 289 g/mol. The Kier molecular flexibility index (Phi) is 4.24. The fourth-order valence-electron chi connectivity index (χ4n) is 3.61. The lowest BCUT2D eigenvalue weighted by molar-refractivity contribution is -0.136. The Balaban J connectivity index is 1.80. The number of nitrogens with two attached hydrogens (primary N) is 1.